The minimum absolute atomic E-state index is 0.120. The van der Waals surface area contributed by atoms with Crippen molar-refractivity contribution in [2.24, 2.45) is 7.05 Å². The summed E-state index contributed by atoms with van der Waals surface area (Å²) >= 11 is 12.2. The number of aromatic nitrogens is 2. The molecule has 2 heterocycles. The van der Waals surface area contributed by atoms with E-state index in [1.165, 1.54) is 4.57 Å². The highest BCUT2D eigenvalue weighted by atomic mass is 35.5. The fraction of sp³-hybridized carbons (Fsp3) is 0.333. The van der Waals surface area contributed by atoms with Crippen molar-refractivity contribution < 1.29 is 0 Å². The number of nitrogens with zero attached hydrogens (tertiary/aromatic N) is 3. The molecule has 1 fully saturated rings. The lowest BCUT2D eigenvalue weighted by Crippen LogP contribution is -2.30. The van der Waals surface area contributed by atoms with Crippen molar-refractivity contribution in [3.8, 4) is 0 Å². The molecular formula is C15H16Cl2N4O. The van der Waals surface area contributed by atoms with Gasteiger partial charge in [0.25, 0.3) is 5.56 Å². The maximum atomic E-state index is 12.0. The Labute approximate surface area is 138 Å². The summed E-state index contributed by atoms with van der Waals surface area (Å²) in [5.74, 6) is 0.388. The maximum Gasteiger partial charge on any atom is 0.293 e. The van der Waals surface area contributed by atoms with Crippen LogP contribution in [-0.2, 0) is 7.05 Å². The number of halogens is 2. The van der Waals surface area contributed by atoms with E-state index in [1.54, 1.807) is 25.5 Å². The number of anilines is 2. The van der Waals surface area contributed by atoms with E-state index in [-0.39, 0.29) is 11.6 Å². The molecule has 5 nitrogen and oxygen atoms in total. The zero-order chi connectivity index (χ0) is 15.7. The average Bonchev–Trinajstić information content (AvgIpc) is 2.92. The second-order valence-corrected chi connectivity index (χ2v) is 6.21. The van der Waals surface area contributed by atoms with Gasteiger partial charge in [-0.25, -0.2) is 4.98 Å². The molecule has 2 aromatic rings. The van der Waals surface area contributed by atoms with E-state index in [2.05, 4.69) is 15.2 Å². The molecule has 0 saturated carbocycles. The number of nitrogens with one attached hydrogen (secondary N) is 1. The van der Waals surface area contributed by atoms with Crippen LogP contribution in [0.15, 0.2) is 35.4 Å². The first-order valence-corrected chi connectivity index (χ1v) is 7.78. The lowest BCUT2D eigenvalue weighted by atomic mass is 10.2. The van der Waals surface area contributed by atoms with E-state index in [9.17, 15) is 4.79 Å². The molecule has 1 atom stereocenters. The molecule has 0 spiro atoms. The van der Waals surface area contributed by atoms with Crippen LogP contribution in [0, 0.1) is 0 Å². The van der Waals surface area contributed by atoms with Gasteiger partial charge in [0.15, 0.2) is 5.82 Å². The fourth-order valence-electron chi connectivity index (χ4n) is 2.62. The number of hydrogen-bond acceptors (Lipinski definition) is 4. The van der Waals surface area contributed by atoms with Gasteiger partial charge in [-0.3, -0.25) is 4.79 Å². The Morgan fingerprint density at radius 1 is 1.36 bits per heavy atom. The summed E-state index contributed by atoms with van der Waals surface area (Å²) in [4.78, 5) is 18.3. The van der Waals surface area contributed by atoms with Crippen LogP contribution in [0.25, 0.3) is 0 Å². The van der Waals surface area contributed by atoms with Crippen LogP contribution in [0.4, 0.5) is 11.5 Å². The largest absolute Gasteiger partial charge is 0.368 e. The van der Waals surface area contributed by atoms with Crippen LogP contribution in [-0.4, -0.2) is 28.7 Å². The maximum absolute atomic E-state index is 12.0. The Bertz CT molecular complexity index is 747. The summed E-state index contributed by atoms with van der Waals surface area (Å²) in [6.07, 6.45) is 4.17. The minimum atomic E-state index is -0.120. The average molecular weight is 339 g/mol. The quantitative estimate of drug-likeness (QED) is 0.934. The van der Waals surface area contributed by atoms with Crippen LogP contribution >= 0.6 is 23.2 Å². The van der Waals surface area contributed by atoms with Gasteiger partial charge in [-0.2, -0.15) is 0 Å². The Balaban J connectivity index is 1.72. The topological polar surface area (TPSA) is 50.2 Å². The third kappa shape index (κ3) is 3.05. The molecule has 0 unspecified atom stereocenters. The van der Waals surface area contributed by atoms with Gasteiger partial charge in [0, 0.05) is 43.6 Å². The van der Waals surface area contributed by atoms with Crippen molar-refractivity contribution in [2.45, 2.75) is 12.5 Å². The van der Waals surface area contributed by atoms with Gasteiger partial charge in [0.1, 0.15) is 0 Å². The van der Waals surface area contributed by atoms with Gasteiger partial charge in [-0.15, -0.1) is 0 Å². The second-order valence-electron chi connectivity index (χ2n) is 5.36. The molecule has 22 heavy (non-hydrogen) atoms. The highest BCUT2D eigenvalue weighted by Gasteiger charge is 2.25. The molecule has 0 aliphatic carbocycles. The van der Waals surface area contributed by atoms with Crippen molar-refractivity contribution >= 4 is 34.7 Å². The Hall–Kier alpha value is -1.72. The highest BCUT2D eigenvalue weighted by Crippen LogP contribution is 2.31. The van der Waals surface area contributed by atoms with Gasteiger partial charge in [0.2, 0.25) is 0 Å². The van der Waals surface area contributed by atoms with Gasteiger partial charge in [-0.05, 0) is 24.6 Å². The van der Waals surface area contributed by atoms with Crippen molar-refractivity contribution in [3.05, 3.63) is 51.0 Å². The third-order valence-electron chi connectivity index (χ3n) is 3.80. The van der Waals surface area contributed by atoms with Gasteiger partial charge < -0.3 is 14.8 Å². The summed E-state index contributed by atoms with van der Waals surface area (Å²) in [6, 6.07) is 5.66. The van der Waals surface area contributed by atoms with Crippen molar-refractivity contribution in [1.82, 2.24) is 9.55 Å². The summed E-state index contributed by atoms with van der Waals surface area (Å²) in [6.45, 7) is 1.63. The molecule has 3 rings (SSSR count). The normalized spacial score (nSPS) is 17.8. The van der Waals surface area contributed by atoms with E-state index in [1.807, 2.05) is 12.1 Å². The molecule has 1 aromatic heterocycles. The van der Waals surface area contributed by atoms with Crippen LogP contribution < -0.4 is 15.8 Å². The monoisotopic (exact) mass is 338 g/mol. The van der Waals surface area contributed by atoms with Gasteiger partial charge in [0.05, 0.1) is 10.7 Å². The zero-order valence-electron chi connectivity index (χ0n) is 12.1. The molecule has 1 aliphatic heterocycles. The smallest absolute Gasteiger partial charge is 0.293 e. The molecule has 1 N–H and O–H groups in total. The van der Waals surface area contributed by atoms with E-state index in [0.717, 1.165) is 25.2 Å². The van der Waals surface area contributed by atoms with Gasteiger partial charge >= 0.3 is 0 Å². The SMILES string of the molecule is Cn1ccnc(N[C@@H]2CCN(c3ccc(Cl)cc3Cl)C2)c1=O. The Morgan fingerprint density at radius 3 is 2.95 bits per heavy atom. The summed E-state index contributed by atoms with van der Waals surface area (Å²) in [7, 11) is 1.71. The molecule has 116 valence electrons. The van der Waals surface area contributed by atoms with Crippen LogP contribution in [0.3, 0.4) is 0 Å². The molecule has 1 aromatic carbocycles. The van der Waals surface area contributed by atoms with Crippen molar-refractivity contribution in [2.75, 3.05) is 23.3 Å². The molecule has 0 bridgehead atoms. The van der Waals surface area contributed by atoms with Crippen molar-refractivity contribution in [3.63, 3.8) is 0 Å². The Kier molecular flexibility index (Phi) is 4.27. The zero-order valence-corrected chi connectivity index (χ0v) is 13.6. The number of hydrogen-bond donors (Lipinski definition) is 1. The molecular weight excluding hydrogens is 323 g/mol. The Morgan fingerprint density at radius 2 is 2.18 bits per heavy atom. The first-order chi connectivity index (χ1) is 10.5. The standard InChI is InChI=1S/C15H16Cl2N4O/c1-20-7-5-18-14(15(20)22)19-11-4-6-21(9-11)13-3-2-10(16)8-12(13)17/h2-3,5,7-8,11H,4,6,9H2,1H3,(H,18,19)/t11-/m1/s1. The number of benzene rings is 1. The predicted molar refractivity (Wildman–Crippen MR) is 90.2 cm³/mol. The summed E-state index contributed by atoms with van der Waals surface area (Å²) in [5.41, 5.74) is 0.842. The van der Waals surface area contributed by atoms with E-state index in [4.69, 9.17) is 23.2 Å². The molecule has 0 radical (unpaired) electrons. The highest BCUT2D eigenvalue weighted by molar-refractivity contribution is 6.36. The molecule has 7 heteroatoms. The van der Waals surface area contributed by atoms with E-state index < -0.39 is 0 Å². The third-order valence-corrected chi connectivity index (χ3v) is 4.33. The van der Waals surface area contributed by atoms with E-state index in [0.29, 0.717) is 15.9 Å². The van der Waals surface area contributed by atoms with Crippen LogP contribution in [0.1, 0.15) is 6.42 Å². The van der Waals surface area contributed by atoms with Gasteiger partial charge in [-0.1, -0.05) is 23.2 Å². The predicted octanol–water partition coefficient (Wildman–Crippen LogP) is 2.78. The first kappa shape index (κ1) is 15.2. The summed E-state index contributed by atoms with van der Waals surface area (Å²) < 4.78 is 1.51. The first-order valence-electron chi connectivity index (χ1n) is 7.03. The molecule has 1 aliphatic rings. The second kappa shape index (κ2) is 6.18. The summed E-state index contributed by atoms with van der Waals surface area (Å²) in [5, 5.41) is 4.49. The molecule has 0 amide bonds. The van der Waals surface area contributed by atoms with E-state index >= 15 is 0 Å². The molecule has 1 saturated heterocycles. The fourth-order valence-corrected chi connectivity index (χ4v) is 3.15. The minimum Gasteiger partial charge on any atom is -0.368 e. The van der Waals surface area contributed by atoms with Crippen LogP contribution in [0.5, 0.6) is 0 Å². The van der Waals surface area contributed by atoms with Crippen LogP contribution in [0.2, 0.25) is 10.0 Å². The number of aryl methyl sites for hydroxylation is 1. The number of rotatable bonds is 3. The lowest BCUT2D eigenvalue weighted by molar-refractivity contribution is 0.778. The lowest BCUT2D eigenvalue weighted by Gasteiger charge is -2.20. The van der Waals surface area contributed by atoms with Crippen molar-refractivity contribution in [1.29, 1.82) is 0 Å².